The average Bonchev–Trinajstić information content (AvgIpc) is 3.17. The first kappa shape index (κ1) is 13.7. The van der Waals surface area contributed by atoms with Gasteiger partial charge in [-0.05, 0) is 47.5 Å². The minimum Gasteiger partial charge on any atom is -0.396 e. The molecule has 4 nitrogen and oxygen atoms in total. The fraction of sp³-hybridized carbons (Fsp3) is 0.692. The normalized spacial score (nSPS) is 16.6. The van der Waals surface area contributed by atoms with Gasteiger partial charge in [0, 0.05) is 25.1 Å². The Hall–Kier alpha value is -0.680. The lowest BCUT2D eigenvalue weighted by Gasteiger charge is -2.09. The van der Waals surface area contributed by atoms with E-state index in [4.69, 9.17) is 5.11 Å². The molecule has 18 heavy (non-hydrogen) atoms. The average molecular weight is 314 g/mol. The predicted octanol–water partition coefficient (Wildman–Crippen LogP) is 2.94. The molecule has 0 saturated heterocycles. The summed E-state index contributed by atoms with van der Waals surface area (Å²) in [6, 6.07) is 1.92. The van der Waals surface area contributed by atoms with Crippen molar-refractivity contribution in [2.75, 3.05) is 18.5 Å². The van der Waals surface area contributed by atoms with Crippen molar-refractivity contribution in [1.82, 2.24) is 9.97 Å². The zero-order valence-electron chi connectivity index (χ0n) is 10.7. The monoisotopic (exact) mass is 313 g/mol. The molecular weight excluding hydrogens is 294 g/mol. The van der Waals surface area contributed by atoms with Crippen molar-refractivity contribution in [2.24, 2.45) is 5.92 Å². The van der Waals surface area contributed by atoms with Gasteiger partial charge in [0.25, 0.3) is 0 Å². The van der Waals surface area contributed by atoms with Crippen LogP contribution in [-0.2, 0) is 0 Å². The number of nitrogens with zero attached hydrogens (tertiary/aromatic N) is 2. The highest BCUT2D eigenvalue weighted by Gasteiger charge is 2.27. The van der Waals surface area contributed by atoms with Gasteiger partial charge < -0.3 is 10.4 Å². The first-order chi connectivity index (χ1) is 8.69. The Balaban J connectivity index is 1.81. The van der Waals surface area contributed by atoms with Crippen LogP contribution in [0.5, 0.6) is 0 Å². The smallest absolute Gasteiger partial charge is 0.135 e. The van der Waals surface area contributed by atoms with Crippen LogP contribution < -0.4 is 5.32 Å². The van der Waals surface area contributed by atoms with E-state index in [0.717, 1.165) is 35.6 Å². The summed E-state index contributed by atoms with van der Waals surface area (Å²) in [5.74, 6) is 2.80. The van der Waals surface area contributed by atoms with Crippen LogP contribution in [0.4, 0.5) is 5.82 Å². The number of hydrogen-bond acceptors (Lipinski definition) is 4. The standard InChI is InChI=1S/C13H20BrN3O/c1-9(8-18)3-2-6-15-12-7-11(14)16-13(17-12)10-4-5-10/h7,9-10,18H,2-6,8H2,1H3,(H,15,16,17). The van der Waals surface area contributed by atoms with Crippen molar-refractivity contribution in [3.63, 3.8) is 0 Å². The SMILES string of the molecule is CC(CO)CCCNc1cc(Br)nc(C2CC2)n1. The highest BCUT2D eigenvalue weighted by Crippen LogP contribution is 2.38. The van der Waals surface area contributed by atoms with Gasteiger partial charge in [0.1, 0.15) is 16.2 Å². The first-order valence-corrected chi connectivity index (χ1v) is 7.37. The number of aromatic nitrogens is 2. The summed E-state index contributed by atoms with van der Waals surface area (Å²) in [4.78, 5) is 8.93. The van der Waals surface area contributed by atoms with E-state index < -0.39 is 0 Å². The van der Waals surface area contributed by atoms with E-state index in [-0.39, 0.29) is 6.61 Å². The summed E-state index contributed by atoms with van der Waals surface area (Å²) >= 11 is 3.43. The molecule has 1 aliphatic carbocycles. The van der Waals surface area contributed by atoms with Crippen molar-refractivity contribution in [3.8, 4) is 0 Å². The number of hydrogen-bond donors (Lipinski definition) is 2. The molecule has 0 aromatic carbocycles. The molecule has 1 aromatic rings. The number of aliphatic hydroxyl groups excluding tert-OH is 1. The molecular formula is C13H20BrN3O. The van der Waals surface area contributed by atoms with E-state index in [9.17, 15) is 0 Å². The van der Waals surface area contributed by atoms with Crippen LogP contribution in [0.1, 0.15) is 44.3 Å². The Labute approximate surface area is 116 Å². The second-order valence-electron chi connectivity index (χ2n) is 5.07. The first-order valence-electron chi connectivity index (χ1n) is 6.58. The van der Waals surface area contributed by atoms with Crippen molar-refractivity contribution in [1.29, 1.82) is 0 Å². The van der Waals surface area contributed by atoms with E-state index in [1.807, 2.05) is 6.07 Å². The van der Waals surface area contributed by atoms with Crippen LogP contribution >= 0.6 is 15.9 Å². The minimum absolute atomic E-state index is 0.269. The van der Waals surface area contributed by atoms with E-state index in [1.165, 1.54) is 12.8 Å². The van der Waals surface area contributed by atoms with Gasteiger partial charge >= 0.3 is 0 Å². The van der Waals surface area contributed by atoms with E-state index in [1.54, 1.807) is 0 Å². The maximum atomic E-state index is 8.94. The van der Waals surface area contributed by atoms with Gasteiger partial charge in [-0.25, -0.2) is 9.97 Å². The molecule has 1 atom stereocenters. The Morgan fingerprint density at radius 3 is 2.94 bits per heavy atom. The molecule has 0 amide bonds. The van der Waals surface area contributed by atoms with Crippen molar-refractivity contribution >= 4 is 21.7 Å². The summed E-state index contributed by atoms with van der Waals surface area (Å²) in [6.07, 6.45) is 4.50. The van der Waals surface area contributed by atoms with Crippen LogP contribution in [0.3, 0.4) is 0 Å². The topological polar surface area (TPSA) is 58.0 Å². The van der Waals surface area contributed by atoms with Crippen molar-refractivity contribution in [3.05, 3.63) is 16.5 Å². The lowest BCUT2D eigenvalue weighted by Crippen LogP contribution is -2.08. The summed E-state index contributed by atoms with van der Waals surface area (Å²) in [6.45, 7) is 3.22. The quantitative estimate of drug-likeness (QED) is 0.600. The molecule has 0 aliphatic heterocycles. The molecule has 0 radical (unpaired) electrons. The fourth-order valence-corrected chi connectivity index (χ4v) is 2.21. The second kappa shape index (κ2) is 6.48. The maximum Gasteiger partial charge on any atom is 0.135 e. The molecule has 1 aliphatic rings. The minimum atomic E-state index is 0.269. The molecule has 1 heterocycles. The van der Waals surface area contributed by atoms with Crippen molar-refractivity contribution < 1.29 is 5.11 Å². The zero-order chi connectivity index (χ0) is 13.0. The number of anilines is 1. The fourth-order valence-electron chi connectivity index (χ4n) is 1.81. The Kier molecular flexibility index (Phi) is 4.95. The third-order valence-corrected chi connectivity index (χ3v) is 3.55. The number of halogens is 1. The predicted molar refractivity (Wildman–Crippen MR) is 75.7 cm³/mol. The summed E-state index contributed by atoms with van der Waals surface area (Å²) < 4.78 is 0.852. The van der Waals surface area contributed by atoms with Gasteiger partial charge in [-0.2, -0.15) is 0 Å². The van der Waals surface area contributed by atoms with Gasteiger partial charge in [0.15, 0.2) is 0 Å². The van der Waals surface area contributed by atoms with E-state index in [2.05, 4.69) is 38.1 Å². The van der Waals surface area contributed by atoms with Gasteiger partial charge in [0.05, 0.1) is 0 Å². The van der Waals surface area contributed by atoms with Crippen LogP contribution in [0.2, 0.25) is 0 Å². The molecule has 1 aromatic heterocycles. The van der Waals surface area contributed by atoms with Gasteiger partial charge in [-0.15, -0.1) is 0 Å². The molecule has 2 rings (SSSR count). The third-order valence-electron chi connectivity index (χ3n) is 3.15. The van der Waals surface area contributed by atoms with Crippen LogP contribution in [0.25, 0.3) is 0 Å². The lowest BCUT2D eigenvalue weighted by atomic mass is 10.1. The third kappa shape index (κ3) is 4.21. The molecule has 1 unspecified atom stereocenters. The molecule has 1 fully saturated rings. The molecule has 2 N–H and O–H groups in total. The molecule has 5 heteroatoms. The summed E-state index contributed by atoms with van der Waals surface area (Å²) in [5.41, 5.74) is 0. The molecule has 1 saturated carbocycles. The number of aliphatic hydroxyl groups is 1. The second-order valence-corrected chi connectivity index (χ2v) is 5.88. The number of nitrogens with one attached hydrogen (secondary N) is 1. The molecule has 100 valence electrons. The van der Waals surface area contributed by atoms with Gasteiger partial charge in [0.2, 0.25) is 0 Å². The van der Waals surface area contributed by atoms with Crippen LogP contribution in [-0.4, -0.2) is 28.2 Å². The largest absolute Gasteiger partial charge is 0.396 e. The zero-order valence-corrected chi connectivity index (χ0v) is 12.3. The highest BCUT2D eigenvalue weighted by atomic mass is 79.9. The van der Waals surface area contributed by atoms with Crippen LogP contribution in [0, 0.1) is 5.92 Å². The molecule has 0 bridgehead atoms. The van der Waals surface area contributed by atoms with Crippen molar-refractivity contribution in [2.45, 2.75) is 38.5 Å². The van der Waals surface area contributed by atoms with E-state index in [0.29, 0.717) is 11.8 Å². The summed E-state index contributed by atoms with van der Waals surface area (Å²) in [7, 11) is 0. The lowest BCUT2D eigenvalue weighted by molar-refractivity contribution is 0.229. The Bertz CT molecular complexity index is 396. The number of rotatable bonds is 7. The van der Waals surface area contributed by atoms with Crippen LogP contribution in [0.15, 0.2) is 10.7 Å². The Morgan fingerprint density at radius 1 is 1.50 bits per heavy atom. The summed E-state index contributed by atoms with van der Waals surface area (Å²) in [5, 5.41) is 12.3. The van der Waals surface area contributed by atoms with E-state index >= 15 is 0 Å². The maximum absolute atomic E-state index is 8.94. The Morgan fingerprint density at radius 2 is 2.28 bits per heavy atom. The molecule has 0 spiro atoms. The highest BCUT2D eigenvalue weighted by molar-refractivity contribution is 9.10. The van der Waals surface area contributed by atoms with Gasteiger partial charge in [-0.3, -0.25) is 0 Å². The van der Waals surface area contributed by atoms with Gasteiger partial charge in [-0.1, -0.05) is 6.92 Å².